The third-order valence-corrected chi connectivity index (χ3v) is 8.28. The van der Waals surface area contributed by atoms with Gasteiger partial charge >= 0.3 is 0 Å². The van der Waals surface area contributed by atoms with Crippen LogP contribution in [-0.4, -0.2) is 58.5 Å². The zero-order valence-corrected chi connectivity index (χ0v) is 18.0. The second-order valence-corrected chi connectivity index (χ2v) is 9.97. The Bertz CT molecular complexity index is 697. The summed E-state index contributed by atoms with van der Waals surface area (Å²) >= 11 is 1.92. The van der Waals surface area contributed by atoms with Gasteiger partial charge in [-0.25, -0.2) is 0 Å². The van der Waals surface area contributed by atoms with Gasteiger partial charge in [-0.2, -0.15) is 0 Å². The van der Waals surface area contributed by atoms with Crippen molar-refractivity contribution in [1.82, 2.24) is 9.80 Å². The van der Waals surface area contributed by atoms with Crippen LogP contribution in [0.1, 0.15) is 51.4 Å². The number of piperidine rings is 1. The number of carbonyl (C=O) groups excluding carboxylic acids is 2. The van der Waals surface area contributed by atoms with Gasteiger partial charge in [-0.05, 0) is 37.3 Å². The monoisotopic (exact) mass is 416 g/mol. The Kier molecular flexibility index (Phi) is 6.68. The Morgan fingerprint density at radius 2 is 1.76 bits per heavy atom. The van der Waals surface area contributed by atoms with Crippen LogP contribution in [0.5, 0.6) is 5.75 Å². The lowest BCUT2D eigenvalue weighted by atomic mass is 9.98. The van der Waals surface area contributed by atoms with Crippen LogP contribution >= 0.6 is 11.8 Å². The van der Waals surface area contributed by atoms with E-state index in [4.69, 9.17) is 4.74 Å². The molecule has 2 heterocycles. The number of carbonyl (C=O) groups is 2. The molecule has 1 aliphatic carbocycles. The third-order valence-electron chi connectivity index (χ3n) is 6.72. The highest BCUT2D eigenvalue weighted by Gasteiger charge is 2.46. The van der Waals surface area contributed by atoms with Gasteiger partial charge in [-0.15, -0.1) is 11.8 Å². The smallest absolute Gasteiger partial charge is 0.260 e. The molecule has 1 spiro atoms. The molecule has 29 heavy (non-hydrogen) atoms. The summed E-state index contributed by atoms with van der Waals surface area (Å²) in [6.45, 7) is 2.35. The quantitative estimate of drug-likeness (QED) is 0.705. The first-order chi connectivity index (χ1) is 14.2. The predicted octanol–water partition coefficient (Wildman–Crippen LogP) is 3.93. The zero-order valence-electron chi connectivity index (χ0n) is 17.2. The zero-order chi connectivity index (χ0) is 20.1. The Balaban J connectivity index is 1.26. The van der Waals surface area contributed by atoms with Crippen molar-refractivity contribution in [1.29, 1.82) is 0 Å². The molecule has 5 nitrogen and oxygen atoms in total. The van der Waals surface area contributed by atoms with E-state index in [0.29, 0.717) is 25.4 Å². The van der Waals surface area contributed by atoms with E-state index in [-0.39, 0.29) is 17.4 Å². The van der Waals surface area contributed by atoms with Crippen molar-refractivity contribution < 1.29 is 14.3 Å². The number of benzene rings is 1. The number of hydrogen-bond acceptors (Lipinski definition) is 4. The Hall–Kier alpha value is -1.69. The van der Waals surface area contributed by atoms with Gasteiger partial charge in [-0.3, -0.25) is 9.59 Å². The number of ether oxygens (including phenoxy) is 1. The van der Waals surface area contributed by atoms with E-state index in [1.165, 1.54) is 25.7 Å². The number of thioether (sulfide) groups is 1. The second-order valence-electron chi connectivity index (χ2n) is 8.51. The van der Waals surface area contributed by atoms with Gasteiger partial charge in [0, 0.05) is 31.8 Å². The van der Waals surface area contributed by atoms with Crippen molar-refractivity contribution >= 4 is 23.6 Å². The van der Waals surface area contributed by atoms with Crippen LogP contribution in [0, 0.1) is 5.92 Å². The molecule has 0 radical (unpaired) electrons. The molecule has 3 fully saturated rings. The molecule has 2 saturated heterocycles. The number of hydrogen-bond donors (Lipinski definition) is 0. The summed E-state index contributed by atoms with van der Waals surface area (Å²) in [7, 11) is 0. The summed E-state index contributed by atoms with van der Waals surface area (Å²) in [5.41, 5.74) is 0. The molecule has 0 aromatic heterocycles. The minimum Gasteiger partial charge on any atom is -0.484 e. The average Bonchev–Trinajstić information content (AvgIpc) is 3.42. The Morgan fingerprint density at radius 1 is 1.03 bits per heavy atom. The van der Waals surface area contributed by atoms with E-state index in [1.807, 2.05) is 47.0 Å². The molecular weight excluding hydrogens is 384 g/mol. The van der Waals surface area contributed by atoms with Gasteiger partial charge in [0.15, 0.2) is 6.61 Å². The maximum atomic E-state index is 13.0. The predicted molar refractivity (Wildman–Crippen MR) is 116 cm³/mol. The normalized spacial score (nSPS) is 21.7. The molecule has 3 aliphatic rings. The summed E-state index contributed by atoms with van der Waals surface area (Å²) in [6, 6.07) is 9.46. The summed E-state index contributed by atoms with van der Waals surface area (Å²) < 4.78 is 5.62. The number of amides is 2. The second kappa shape index (κ2) is 9.41. The number of nitrogens with zero attached hydrogens (tertiary/aromatic N) is 2. The molecular formula is C23H32N2O3S. The van der Waals surface area contributed by atoms with E-state index < -0.39 is 0 Å². The minimum atomic E-state index is -0.0934. The van der Waals surface area contributed by atoms with Crippen LogP contribution in [0.2, 0.25) is 0 Å². The first-order valence-electron chi connectivity index (χ1n) is 11.1. The summed E-state index contributed by atoms with van der Waals surface area (Å²) in [4.78, 5) is 29.5. The number of para-hydroxylation sites is 1. The topological polar surface area (TPSA) is 49.9 Å². The van der Waals surface area contributed by atoms with Crippen molar-refractivity contribution in [2.75, 3.05) is 32.0 Å². The van der Waals surface area contributed by atoms with Gasteiger partial charge in [0.1, 0.15) is 5.75 Å². The molecule has 2 aliphatic heterocycles. The molecule has 1 aromatic carbocycles. The average molecular weight is 417 g/mol. The lowest BCUT2D eigenvalue weighted by molar-refractivity contribution is -0.138. The molecule has 2 amide bonds. The van der Waals surface area contributed by atoms with Crippen molar-refractivity contribution in [3.63, 3.8) is 0 Å². The van der Waals surface area contributed by atoms with Crippen molar-refractivity contribution in [2.45, 2.75) is 56.2 Å². The van der Waals surface area contributed by atoms with Crippen molar-refractivity contribution in [3.8, 4) is 5.75 Å². The SMILES string of the molecule is O=C(COc1ccccc1)N1CCC2(CC1)SCCN2C(=O)CCC1CCCC1. The van der Waals surface area contributed by atoms with Gasteiger partial charge in [-0.1, -0.05) is 43.9 Å². The summed E-state index contributed by atoms with van der Waals surface area (Å²) in [6.07, 6.45) is 8.75. The maximum Gasteiger partial charge on any atom is 0.260 e. The molecule has 0 bridgehead atoms. The Labute approximate surface area is 178 Å². The van der Waals surface area contributed by atoms with Crippen LogP contribution in [0.4, 0.5) is 0 Å². The lowest BCUT2D eigenvalue weighted by Crippen LogP contribution is -2.54. The van der Waals surface area contributed by atoms with Crippen LogP contribution in [0.15, 0.2) is 30.3 Å². The first-order valence-corrected chi connectivity index (χ1v) is 12.0. The van der Waals surface area contributed by atoms with Gasteiger partial charge in [0.25, 0.3) is 5.91 Å². The van der Waals surface area contributed by atoms with E-state index in [1.54, 1.807) is 0 Å². The van der Waals surface area contributed by atoms with Gasteiger partial charge in [0.05, 0.1) is 4.87 Å². The molecule has 0 unspecified atom stereocenters. The highest BCUT2D eigenvalue weighted by molar-refractivity contribution is 8.00. The Morgan fingerprint density at radius 3 is 2.48 bits per heavy atom. The van der Waals surface area contributed by atoms with E-state index in [0.717, 1.165) is 43.2 Å². The summed E-state index contributed by atoms with van der Waals surface area (Å²) in [5.74, 6) is 2.86. The van der Waals surface area contributed by atoms with Crippen LogP contribution in [0.3, 0.4) is 0 Å². The van der Waals surface area contributed by atoms with Crippen LogP contribution in [0.25, 0.3) is 0 Å². The first kappa shape index (κ1) is 20.6. The maximum absolute atomic E-state index is 13.0. The van der Waals surface area contributed by atoms with Crippen molar-refractivity contribution in [2.24, 2.45) is 5.92 Å². The largest absolute Gasteiger partial charge is 0.484 e. The molecule has 158 valence electrons. The van der Waals surface area contributed by atoms with E-state index >= 15 is 0 Å². The fourth-order valence-corrected chi connectivity index (χ4v) is 6.47. The van der Waals surface area contributed by atoms with Gasteiger partial charge in [0.2, 0.25) is 5.91 Å². The molecule has 1 aromatic rings. The number of likely N-dealkylation sites (tertiary alicyclic amines) is 1. The molecule has 0 N–H and O–H groups in total. The van der Waals surface area contributed by atoms with Gasteiger partial charge < -0.3 is 14.5 Å². The van der Waals surface area contributed by atoms with Crippen LogP contribution < -0.4 is 4.74 Å². The molecule has 6 heteroatoms. The number of rotatable bonds is 6. The lowest BCUT2D eigenvalue weighted by Gasteiger charge is -2.44. The summed E-state index contributed by atoms with van der Waals surface area (Å²) in [5, 5.41) is 0. The molecule has 4 rings (SSSR count). The van der Waals surface area contributed by atoms with Crippen molar-refractivity contribution in [3.05, 3.63) is 30.3 Å². The van der Waals surface area contributed by atoms with Crippen LogP contribution in [-0.2, 0) is 9.59 Å². The minimum absolute atomic E-state index is 0.0332. The highest BCUT2D eigenvalue weighted by atomic mass is 32.2. The standard InChI is InChI=1S/C23H32N2O3S/c26-21(11-10-19-6-4-5-7-19)25-16-17-29-23(25)12-14-24(15-13-23)22(27)18-28-20-8-2-1-3-9-20/h1-3,8-9,19H,4-7,10-18H2. The highest BCUT2D eigenvalue weighted by Crippen LogP contribution is 2.44. The molecule has 1 saturated carbocycles. The van der Waals surface area contributed by atoms with E-state index in [9.17, 15) is 9.59 Å². The van der Waals surface area contributed by atoms with E-state index in [2.05, 4.69) is 4.90 Å². The molecule has 0 atom stereocenters. The fourth-order valence-electron chi connectivity index (χ4n) is 5.00. The fraction of sp³-hybridized carbons (Fsp3) is 0.652. The third kappa shape index (κ3) is 4.90.